The summed E-state index contributed by atoms with van der Waals surface area (Å²) in [4.78, 5) is 13.7. The first-order valence-electron chi connectivity index (χ1n) is 4.58. The van der Waals surface area contributed by atoms with E-state index in [2.05, 4.69) is 10.3 Å². The quantitative estimate of drug-likeness (QED) is 0.794. The Morgan fingerprint density at radius 3 is 2.82 bits per heavy atom. The summed E-state index contributed by atoms with van der Waals surface area (Å²) in [6, 6.07) is 1.28. The Kier molecular flexibility index (Phi) is 2.56. The lowest BCUT2D eigenvalue weighted by atomic mass is 10.1. The molecule has 8 heteroatoms. The molecule has 0 spiro atoms. The third kappa shape index (κ3) is 2.24. The van der Waals surface area contributed by atoms with Gasteiger partial charge in [0.2, 0.25) is 5.88 Å². The second-order valence-corrected chi connectivity index (χ2v) is 3.40. The Morgan fingerprint density at radius 2 is 2.24 bits per heavy atom. The largest absolute Gasteiger partial charge is 0.475 e. The highest BCUT2D eigenvalue weighted by molar-refractivity contribution is 5.65. The molecule has 1 unspecified atom stereocenters. The fraction of sp³-hybridized carbons (Fsp3) is 0.333. The van der Waals surface area contributed by atoms with E-state index >= 15 is 0 Å². The van der Waals surface area contributed by atoms with E-state index in [1.54, 1.807) is 0 Å². The highest BCUT2D eigenvalue weighted by Gasteiger charge is 2.35. The molecule has 2 N–H and O–H groups in total. The molecule has 0 fully saturated rings. The number of halogens is 3. The van der Waals surface area contributed by atoms with Crippen LogP contribution in [0.15, 0.2) is 12.1 Å². The standard InChI is InChI=1S/C9H7F3N2O3/c10-9(11,12)6-2-1-4-5(13-8(15)16)3-17-7(4)14-6/h1-2,5,13H,3H2,(H,15,16). The van der Waals surface area contributed by atoms with Crippen LogP contribution in [0.25, 0.3) is 0 Å². The number of fused-ring (bicyclic) bond motifs is 1. The summed E-state index contributed by atoms with van der Waals surface area (Å²) in [6.45, 7) is -0.0596. The summed E-state index contributed by atoms with van der Waals surface area (Å²) in [7, 11) is 0. The molecule has 1 amide bonds. The van der Waals surface area contributed by atoms with E-state index in [0.717, 1.165) is 6.07 Å². The number of rotatable bonds is 1. The number of hydrogen-bond acceptors (Lipinski definition) is 3. The number of nitrogens with zero attached hydrogens (tertiary/aromatic N) is 1. The van der Waals surface area contributed by atoms with E-state index in [9.17, 15) is 18.0 Å². The van der Waals surface area contributed by atoms with Gasteiger partial charge in [-0.2, -0.15) is 13.2 Å². The maximum Gasteiger partial charge on any atom is 0.433 e. The number of alkyl halides is 3. The molecule has 92 valence electrons. The number of carboxylic acid groups (broad SMARTS) is 1. The van der Waals surface area contributed by atoms with Gasteiger partial charge in [0.05, 0.1) is 6.04 Å². The number of ether oxygens (including phenoxy) is 1. The maximum absolute atomic E-state index is 12.3. The molecular formula is C9H7F3N2O3. The normalized spacial score (nSPS) is 18.4. The van der Waals surface area contributed by atoms with Crippen LogP contribution >= 0.6 is 0 Å². The van der Waals surface area contributed by atoms with Gasteiger partial charge >= 0.3 is 12.3 Å². The first kappa shape index (κ1) is 11.5. The minimum absolute atomic E-state index is 0.0596. The lowest BCUT2D eigenvalue weighted by molar-refractivity contribution is -0.141. The second kappa shape index (κ2) is 3.79. The summed E-state index contributed by atoms with van der Waals surface area (Å²) < 4.78 is 41.9. The monoisotopic (exact) mass is 248 g/mol. The first-order chi connectivity index (χ1) is 7.88. The molecule has 0 aliphatic carbocycles. The molecule has 0 aromatic carbocycles. The number of amides is 1. The Balaban J connectivity index is 2.29. The molecule has 1 atom stereocenters. The van der Waals surface area contributed by atoms with Gasteiger partial charge in [-0.3, -0.25) is 0 Å². The molecule has 1 aliphatic heterocycles. The number of aromatic nitrogens is 1. The average Bonchev–Trinajstić information content (AvgIpc) is 2.59. The van der Waals surface area contributed by atoms with E-state index in [1.807, 2.05) is 0 Å². The zero-order valence-electron chi connectivity index (χ0n) is 8.28. The molecule has 0 bridgehead atoms. The van der Waals surface area contributed by atoms with Crippen LogP contribution in [-0.2, 0) is 6.18 Å². The van der Waals surface area contributed by atoms with Crippen molar-refractivity contribution < 1.29 is 27.8 Å². The number of carbonyl (C=O) groups is 1. The topological polar surface area (TPSA) is 71.5 Å². The van der Waals surface area contributed by atoms with Gasteiger partial charge in [-0.15, -0.1) is 0 Å². The van der Waals surface area contributed by atoms with Crippen molar-refractivity contribution in [2.24, 2.45) is 0 Å². The fourth-order valence-corrected chi connectivity index (χ4v) is 1.51. The molecule has 1 aliphatic rings. The summed E-state index contributed by atoms with van der Waals surface area (Å²) >= 11 is 0. The van der Waals surface area contributed by atoms with Gasteiger partial charge in [0, 0.05) is 5.56 Å². The number of hydrogen-bond donors (Lipinski definition) is 2. The van der Waals surface area contributed by atoms with Gasteiger partial charge in [-0.05, 0) is 12.1 Å². The van der Waals surface area contributed by atoms with Crippen LogP contribution < -0.4 is 10.1 Å². The van der Waals surface area contributed by atoms with Crippen LogP contribution in [0.2, 0.25) is 0 Å². The van der Waals surface area contributed by atoms with Crippen molar-refractivity contribution in [1.29, 1.82) is 0 Å². The van der Waals surface area contributed by atoms with E-state index in [4.69, 9.17) is 9.84 Å². The SMILES string of the molecule is O=C(O)NC1COc2nc(C(F)(F)F)ccc21. The van der Waals surface area contributed by atoms with Gasteiger partial charge in [-0.1, -0.05) is 0 Å². The average molecular weight is 248 g/mol. The molecule has 0 saturated heterocycles. The van der Waals surface area contributed by atoms with Crippen molar-refractivity contribution in [2.75, 3.05) is 6.61 Å². The van der Waals surface area contributed by atoms with Crippen LogP contribution in [0, 0.1) is 0 Å². The minimum Gasteiger partial charge on any atom is -0.475 e. The highest BCUT2D eigenvalue weighted by Crippen LogP contribution is 2.35. The van der Waals surface area contributed by atoms with Crippen molar-refractivity contribution in [1.82, 2.24) is 10.3 Å². The van der Waals surface area contributed by atoms with Crippen molar-refractivity contribution in [3.05, 3.63) is 23.4 Å². The minimum atomic E-state index is -4.54. The zero-order chi connectivity index (χ0) is 12.6. The maximum atomic E-state index is 12.3. The first-order valence-corrected chi connectivity index (χ1v) is 4.58. The lowest BCUT2D eigenvalue weighted by Gasteiger charge is -2.09. The Labute approximate surface area is 93.2 Å². The summed E-state index contributed by atoms with van der Waals surface area (Å²) in [5.41, 5.74) is -0.757. The molecule has 1 aromatic rings. The molecule has 2 rings (SSSR count). The van der Waals surface area contributed by atoms with Crippen molar-refractivity contribution >= 4 is 6.09 Å². The van der Waals surface area contributed by atoms with Gasteiger partial charge in [0.1, 0.15) is 12.3 Å². The predicted molar refractivity (Wildman–Crippen MR) is 48.6 cm³/mol. The van der Waals surface area contributed by atoms with E-state index in [0.29, 0.717) is 5.56 Å². The van der Waals surface area contributed by atoms with Crippen LogP contribution in [0.5, 0.6) is 5.88 Å². The van der Waals surface area contributed by atoms with E-state index < -0.39 is 24.0 Å². The fourth-order valence-electron chi connectivity index (χ4n) is 1.51. The Hall–Kier alpha value is -1.99. The number of pyridine rings is 1. The van der Waals surface area contributed by atoms with E-state index in [1.165, 1.54) is 6.07 Å². The summed E-state index contributed by atoms with van der Waals surface area (Å²) in [5.74, 6) is -0.182. The van der Waals surface area contributed by atoms with Gasteiger partial charge in [0.25, 0.3) is 0 Å². The van der Waals surface area contributed by atoms with Crippen molar-refractivity contribution in [2.45, 2.75) is 12.2 Å². The molecule has 5 nitrogen and oxygen atoms in total. The van der Waals surface area contributed by atoms with Gasteiger partial charge in [-0.25, -0.2) is 9.78 Å². The van der Waals surface area contributed by atoms with Crippen LogP contribution in [0.4, 0.5) is 18.0 Å². The van der Waals surface area contributed by atoms with Crippen LogP contribution in [-0.4, -0.2) is 22.8 Å². The van der Waals surface area contributed by atoms with Crippen molar-refractivity contribution in [3.8, 4) is 5.88 Å². The third-order valence-corrected chi connectivity index (χ3v) is 2.24. The van der Waals surface area contributed by atoms with Crippen molar-refractivity contribution in [3.63, 3.8) is 0 Å². The van der Waals surface area contributed by atoms with Crippen LogP contribution in [0.3, 0.4) is 0 Å². The van der Waals surface area contributed by atoms with Gasteiger partial charge < -0.3 is 15.2 Å². The zero-order valence-corrected chi connectivity index (χ0v) is 8.28. The summed E-state index contributed by atoms with van der Waals surface area (Å²) in [6.07, 6.45) is -5.82. The molecule has 0 radical (unpaired) electrons. The van der Waals surface area contributed by atoms with Crippen LogP contribution in [0.1, 0.15) is 17.3 Å². The Morgan fingerprint density at radius 1 is 1.53 bits per heavy atom. The van der Waals surface area contributed by atoms with E-state index in [-0.39, 0.29) is 12.5 Å². The smallest absolute Gasteiger partial charge is 0.433 e. The van der Waals surface area contributed by atoms with Gasteiger partial charge in [0.15, 0.2) is 0 Å². The molecule has 2 heterocycles. The molecular weight excluding hydrogens is 241 g/mol. The highest BCUT2D eigenvalue weighted by atomic mass is 19.4. The Bertz CT molecular complexity index is 461. The second-order valence-electron chi connectivity index (χ2n) is 3.40. The molecule has 0 saturated carbocycles. The number of nitrogens with one attached hydrogen (secondary N) is 1. The summed E-state index contributed by atoms with van der Waals surface area (Å²) in [5, 5.41) is 10.6. The third-order valence-electron chi connectivity index (χ3n) is 2.24. The molecule has 17 heavy (non-hydrogen) atoms. The lowest BCUT2D eigenvalue weighted by Crippen LogP contribution is -2.27. The predicted octanol–water partition coefficient (Wildman–Crippen LogP) is 1.80. The molecule has 1 aromatic heterocycles.